The number of halogens is 1. The summed E-state index contributed by atoms with van der Waals surface area (Å²) < 4.78 is 5.46. The van der Waals surface area contributed by atoms with E-state index in [1.165, 1.54) is 49.7 Å². The van der Waals surface area contributed by atoms with E-state index in [-0.39, 0.29) is 5.38 Å². The molecule has 2 heteroatoms. The highest BCUT2D eigenvalue weighted by atomic mass is 35.5. The molecule has 1 saturated heterocycles. The van der Waals surface area contributed by atoms with Gasteiger partial charge in [0, 0.05) is 13.2 Å². The second-order valence-corrected chi connectivity index (χ2v) is 6.51. The zero-order chi connectivity index (χ0) is 13.1. The molecule has 3 rings (SSSR count). The molecule has 104 valence electrons. The van der Waals surface area contributed by atoms with Gasteiger partial charge in [0.2, 0.25) is 0 Å². The zero-order valence-corrected chi connectivity index (χ0v) is 12.2. The highest BCUT2D eigenvalue weighted by Gasteiger charge is 2.28. The Balaban J connectivity index is 1.72. The van der Waals surface area contributed by atoms with Gasteiger partial charge in [-0.1, -0.05) is 24.3 Å². The Morgan fingerprint density at radius 3 is 2.74 bits per heavy atom. The molecule has 1 fully saturated rings. The molecular weight excluding hydrogens is 256 g/mol. The van der Waals surface area contributed by atoms with Crippen LogP contribution in [-0.2, 0) is 11.2 Å². The van der Waals surface area contributed by atoms with Gasteiger partial charge in [-0.05, 0) is 61.5 Å². The van der Waals surface area contributed by atoms with Crippen LogP contribution in [0, 0.1) is 11.8 Å². The number of alkyl halides is 1. The summed E-state index contributed by atoms with van der Waals surface area (Å²) in [5, 5.41) is 0.210. The van der Waals surface area contributed by atoms with Crippen LogP contribution in [0.25, 0.3) is 0 Å². The van der Waals surface area contributed by atoms with Crippen LogP contribution < -0.4 is 0 Å². The number of rotatable bonds is 2. The molecule has 0 aromatic heterocycles. The van der Waals surface area contributed by atoms with Crippen LogP contribution in [0.5, 0.6) is 0 Å². The Morgan fingerprint density at radius 1 is 1.11 bits per heavy atom. The van der Waals surface area contributed by atoms with Crippen LogP contribution in [0.2, 0.25) is 0 Å². The average molecular weight is 279 g/mol. The predicted octanol–water partition coefficient (Wildman–Crippen LogP) is 4.74. The van der Waals surface area contributed by atoms with Crippen molar-refractivity contribution in [1.29, 1.82) is 0 Å². The number of benzene rings is 1. The third kappa shape index (κ3) is 3.14. The number of hydrogen-bond donors (Lipinski definition) is 0. The predicted molar refractivity (Wildman–Crippen MR) is 79.6 cm³/mol. The van der Waals surface area contributed by atoms with Crippen molar-refractivity contribution in [2.24, 2.45) is 11.8 Å². The van der Waals surface area contributed by atoms with Gasteiger partial charge in [0.1, 0.15) is 0 Å². The Morgan fingerprint density at radius 2 is 1.89 bits per heavy atom. The van der Waals surface area contributed by atoms with Crippen molar-refractivity contribution in [3.05, 3.63) is 35.4 Å². The molecule has 1 aromatic carbocycles. The fourth-order valence-electron chi connectivity index (χ4n) is 3.63. The molecule has 2 unspecified atom stereocenters. The van der Waals surface area contributed by atoms with Gasteiger partial charge < -0.3 is 4.74 Å². The van der Waals surface area contributed by atoms with Crippen LogP contribution in [0.1, 0.15) is 48.6 Å². The molecule has 0 bridgehead atoms. The standard InChI is InChI=1S/C17H23ClO/c18-17-15(12-13-8-10-19-11-9-13)6-3-5-14-4-1-2-7-16(14)17/h1-2,4,7,13,15,17H,3,5-6,8-12H2. The van der Waals surface area contributed by atoms with Crippen molar-refractivity contribution in [2.45, 2.75) is 43.9 Å². The maximum Gasteiger partial charge on any atom is 0.0616 e. The molecular formula is C17H23ClO. The van der Waals surface area contributed by atoms with E-state index in [4.69, 9.17) is 16.3 Å². The Hall–Kier alpha value is -0.530. The Kier molecular flexibility index (Phi) is 4.45. The van der Waals surface area contributed by atoms with E-state index in [0.717, 1.165) is 19.1 Å². The molecule has 0 N–H and O–H groups in total. The molecule has 2 atom stereocenters. The summed E-state index contributed by atoms with van der Waals surface area (Å²) in [7, 11) is 0. The summed E-state index contributed by atoms with van der Waals surface area (Å²) in [6.07, 6.45) is 7.49. The fourth-order valence-corrected chi connectivity index (χ4v) is 4.08. The van der Waals surface area contributed by atoms with Crippen LogP contribution in [0.3, 0.4) is 0 Å². The first-order valence-corrected chi connectivity index (χ1v) is 8.08. The zero-order valence-electron chi connectivity index (χ0n) is 11.5. The molecule has 1 aliphatic carbocycles. The molecule has 0 radical (unpaired) electrons. The van der Waals surface area contributed by atoms with Crippen molar-refractivity contribution in [2.75, 3.05) is 13.2 Å². The molecule has 2 aliphatic rings. The first-order chi connectivity index (χ1) is 9.34. The third-order valence-corrected chi connectivity index (χ3v) is 5.36. The molecule has 0 amide bonds. The Bertz CT molecular complexity index is 411. The summed E-state index contributed by atoms with van der Waals surface area (Å²) in [4.78, 5) is 0. The molecule has 19 heavy (non-hydrogen) atoms. The van der Waals surface area contributed by atoms with E-state index in [2.05, 4.69) is 24.3 Å². The quantitative estimate of drug-likeness (QED) is 0.561. The maximum absolute atomic E-state index is 6.81. The van der Waals surface area contributed by atoms with Crippen molar-refractivity contribution >= 4 is 11.6 Å². The lowest BCUT2D eigenvalue weighted by Gasteiger charge is -2.28. The lowest BCUT2D eigenvalue weighted by molar-refractivity contribution is 0.0578. The minimum atomic E-state index is 0.210. The molecule has 1 nitrogen and oxygen atoms in total. The minimum absolute atomic E-state index is 0.210. The average Bonchev–Trinajstić information content (AvgIpc) is 2.61. The second kappa shape index (κ2) is 6.28. The largest absolute Gasteiger partial charge is 0.381 e. The topological polar surface area (TPSA) is 9.23 Å². The molecule has 1 aromatic rings. The van der Waals surface area contributed by atoms with Gasteiger partial charge in [-0.15, -0.1) is 11.6 Å². The molecule has 1 aliphatic heterocycles. The lowest BCUT2D eigenvalue weighted by Crippen LogP contribution is -2.20. The van der Waals surface area contributed by atoms with E-state index >= 15 is 0 Å². The summed E-state index contributed by atoms with van der Waals surface area (Å²) in [6, 6.07) is 8.75. The van der Waals surface area contributed by atoms with Crippen LogP contribution in [0.15, 0.2) is 24.3 Å². The molecule has 0 spiro atoms. The number of fused-ring (bicyclic) bond motifs is 1. The van der Waals surface area contributed by atoms with E-state index in [1.807, 2.05) is 0 Å². The summed E-state index contributed by atoms with van der Waals surface area (Å²) >= 11 is 6.81. The van der Waals surface area contributed by atoms with E-state index in [0.29, 0.717) is 5.92 Å². The normalized spacial score (nSPS) is 28.7. The number of aryl methyl sites for hydroxylation is 1. The summed E-state index contributed by atoms with van der Waals surface area (Å²) in [5.41, 5.74) is 2.86. The van der Waals surface area contributed by atoms with E-state index < -0.39 is 0 Å². The monoisotopic (exact) mass is 278 g/mol. The van der Waals surface area contributed by atoms with Crippen molar-refractivity contribution in [1.82, 2.24) is 0 Å². The van der Waals surface area contributed by atoms with Crippen LogP contribution in [0.4, 0.5) is 0 Å². The summed E-state index contributed by atoms with van der Waals surface area (Å²) in [6.45, 7) is 1.89. The van der Waals surface area contributed by atoms with Crippen molar-refractivity contribution < 1.29 is 4.74 Å². The van der Waals surface area contributed by atoms with Gasteiger partial charge in [0.15, 0.2) is 0 Å². The third-order valence-electron chi connectivity index (χ3n) is 4.76. The van der Waals surface area contributed by atoms with Gasteiger partial charge in [-0.25, -0.2) is 0 Å². The lowest BCUT2D eigenvalue weighted by atomic mass is 9.84. The smallest absolute Gasteiger partial charge is 0.0616 e. The highest BCUT2D eigenvalue weighted by molar-refractivity contribution is 6.21. The maximum atomic E-state index is 6.81. The van der Waals surface area contributed by atoms with E-state index in [1.54, 1.807) is 0 Å². The van der Waals surface area contributed by atoms with Crippen molar-refractivity contribution in [3.8, 4) is 0 Å². The minimum Gasteiger partial charge on any atom is -0.381 e. The van der Waals surface area contributed by atoms with Gasteiger partial charge in [0.05, 0.1) is 5.38 Å². The van der Waals surface area contributed by atoms with E-state index in [9.17, 15) is 0 Å². The van der Waals surface area contributed by atoms with Crippen molar-refractivity contribution in [3.63, 3.8) is 0 Å². The van der Waals surface area contributed by atoms with Crippen LogP contribution in [-0.4, -0.2) is 13.2 Å². The van der Waals surface area contributed by atoms with Gasteiger partial charge in [-0.2, -0.15) is 0 Å². The van der Waals surface area contributed by atoms with Gasteiger partial charge in [-0.3, -0.25) is 0 Å². The fraction of sp³-hybridized carbons (Fsp3) is 0.647. The highest BCUT2D eigenvalue weighted by Crippen LogP contribution is 2.42. The summed E-state index contributed by atoms with van der Waals surface area (Å²) in [5.74, 6) is 1.47. The second-order valence-electron chi connectivity index (χ2n) is 6.04. The van der Waals surface area contributed by atoms with Gasteiger partial charge >= 0.3 is 0 Å². The number of hydrogen-bond acceptors (Lipinski definition) is 1. The number of ether oxygens (including phenoxy) is 1. The van der Waals surface area contributed by atoms with Crippen LogP contribution >= 0.6 is 11.6 Å². The first kappa shape index (κ1) is 13.5. The SMILES string of the molecule is ClC1c2ccccc2CCCC1CC1CCOCC1. The molecule has 0 saturated carbocycles. The van der Waals surface area contributed by atoms with Gasteiger partial charge in [0.25, 0.3) is 0 Å². The molecule has 1 heterocycles. The first-order valence-electron chi connectivity index (χ1n) is 7.64. The Labute approximate surface area is 121 Å².